The molecule has 7 heteroatoms. The van der Waals surface area contributed by atoms with E-state index in [9.17, 15) is 0 Å². The Morgan fingerprint density at radius 2 is 0.774 bits per heavy atom. The Hall–Kier alpha value is -3.61. The molecule has 272 valence electrons. The average Bonchev–Trinajstić information content (AvgIpc) is 4.01. The van der Waals surface area contributed by atoms with Gasteiger partial charge in [0, 0.05) is 0 Å². The van der Waals surface area contributed by atoms with Gasteiger partial charge in [0.1, 0.15) is 0 Å². The quantitative estimate of drug-likeness (QED) is 0.137. The van der Waals surface area contributed by atoms with Gasteiger partial charge in [0.25, 0.3) is 0 Å². The van der Waals surface area contributed by atoms with Gasteiger partial charge in [0.05, 0.1) is 0 Å². The Bertz CT molecular complexity index is 2080. The van der Waals surface area contributed by atoms with E-state index in [0.29, 0.717) is 24.2 Å². The molecule has 0 saturated carbocycles. The number of hydrogen-bond donors (Lipinski definition) is 0. The molecule has 6 aliphatic carbocycles. The van der Waals surface area contributed by atoms with Crippen LogP contribution in [0.4, 0.5) is 17.6 Å². The van der Waals surface area contributed by atoms with Crippen LogP contribution in [0.15, 0.2) is 68.5 Å². The standard InChI is InChI=1S/2C18H18F2N.2C5H5.Ti/c2*19-12-9-10-18(15(20)11-12)21-16-7-3-1-5-13(16)14-6-2-4-8-17(14)21;2*1-2-4-5-3-1;/h2*9-10H,1-8H2;2*1-3H,4H2;. The van der Waals surface area contributed by atoms with Crippen molar-refractivity contribution in [3.63, 3.8) is 0 Å². The van der Waals surface area contributed by atoms with E-state index in [0.717, 1.165) is 133 Å². The number of allylic oxidation sites excluding steroid dienone is 8. The number of aromatic nitrogens is 2. The second kappa shape index (κ2) is 13.3. The van der Waals surface area contributed by atoms with Crippen molar-refractivity contribution in [1.82, 2.24) is 9.13 Å². The number of hydrogen-bond acceptors (Lipinski definition) is 0. The van der Waals surface area contributed by atoms with Gasteiger partial charge in [-0.1, -0.05) is 0 Å². The number of benzene rings is 2. The van der Waals surface area contributed by atoms with Crippen LogP contribution in [0.3, 0.4) is 0 Å². The predicted octanol–water partition coefficient (Wildman–Crippen LogP) is 10.1. The number of halogens is 4. The summed E-state index contributed by atoms with van der Waals surface area (Å²) in [6.45, 7) is 0. The Morgan fingerprint density at radius 1 is 0.434 bits per heavy atom. The van der Waals surface area contributed by atoms with E-state index in [4.69, 9.17) is 0 Å². The Morgan fingerprint density at radius 3 is 1.09 bits per heavy atom. The minimum atomic E-state index is -5.04. The van der Waals surface area contributed by atoms with Gasteiger partial charge < -0.3 is 0 Å². The van der Waals surface area contributed by atoms with Crippen LogP contribution >= 0.6 is 0 Å². The van der Waals surface area contributed by atoms with Crippen LogP contribution < -0.4 is 7.74 Å². The van der Waals surface area contributed by atoms with Crippen molar-refractivity contribution < 1.29 is 34.2 Å². The number of rotatable bonds is 6. The van der Waals surface area contributed by atoms with Crippen LogP contribution in [0.2, 0.25) is 0 Å². The molecule has 0 unspecified atom stereocenters. The first kappa shape index (κ1) is 33.9. The third-order valence-electron chi connectivity index (χ3n) is 13.4. The zero-order valence-corrected chi connectivity index (χ0v) is 32.0. The summed E-state index contributed by atoms with van der Waals surface area (Å²) >= 11 is -5.04. The molecule has 53 heavy (non-hydrogen) atoms. The van der Waals surface area contributed by atoms with Crippen molar-refractivity contribution in [2.24, 2.45) is 0 Å². The van der Waals surface area contributed by atoms with E-state index in [1.807, 2.05) is 36.5 Å². The Balaban J connectivity index is 1.28. The van der Waals surface area contributed by atoms with Gasteiger partial charge >= 0.3 is 315 Å². The first-order chi connectivity index (χ1) is 26.0. The minimum absolute atomic E-state index is 0.0956. The maximum atomic E-state index is 18.3. The Labute approximate surface area is 313 Å². The fraction of sp³-hybridized carbons (Fsp3) is 0.391. The van der Waals surface area contributed by atoms with Crippen molar-refractivity contribution in [1.29, 1.82) is 0 Å². The van der Waals surface area contributed by atoms with Crippen LogP contribution in [0.25, 0.3) is 11.4 Å². The topological polar surface area (TPSA) is 9.86 Å². The molecule has 6 aliphatic rings. The zero-order valence-electron chi connectivity index (χ0n) is 30.4. The molecular formula is C46H46F4N2Ti. The third kappa shape index (κ3) is 5.00. The second-order valence-electron chi connectivity index (χ2n) is 16.1. The summed E-state index contributed by atoms with van der Waals surface area (Å²) in [5, 5.41) is 0. The maximum absolute atomic E-state index is 18.3. The van der Waals surface area contributed by atoms with Crippen molar-refractivity contribution in [3.8, 4) is 11.4 Å². The summed E-state index contributed by atoms with van der Waals surface area (Å²) in [5.41, 5.74) is 10.6. The van der Waals surface area contributed by atoms with Crippen LogP contribution in [-0.2, 0) is 68.0 Å². The first-order valence-corrected chi connectivity index (χ1v) is 23.3. The van der Waals surface area contributed by atoms with E-state index in [2.05, 4.69) is 9.13 Å². The van der Waals surface area contributed by atoms with Gasteiger partial charge in [-0.05, 0) is 0 Å². The van der Waals surface area contributed by atoms with E-state index >= 15 is 17.6 Å². The summed E-state index contributed by atoms with van der Waals surface area (Å²) in [6, 6.07) is 5.97. The predicted molar refractivity (Wildman–Crippen MR) is 201 cm³/mol. The molecule has 2 nitrogen and oxygen atoms in total. The second-order valence-corrected chi connectivity index (χ2v) is 22.0. The first-order valence-electron chi connectivity index (χ1n) is 20.2. The fourth-order valence-corrected chi connectivity index (χ4v) is 19.5. The molecule has 0 radical (unpaired) electrons. The summed E-state index contributed by atoms with van der Waals surface area (Å²) in [5.74, 6) is -2.71. The molecule has 0 saturated heterocycles. The van der Waals surface area contributed by atoms with Crippen LogP contribution in [0, 0.1) is 23.3 Å². The van der Waals surface area contributed by atoms with Gasteiger partial charge in [-0.2, -0.15) is 0 Å². The van der Waals surface area contributed by atoms with E-state index < -0.39 is 39.9 Å². The SMILES string of the molecule is Fc1ccc(-n2c3c(c4c2CCCC4)CCCC3)c(F)[c]1[Ti]([C]1=CC=CC1)([C]1=CC=CC1)[c]1c(F)ccc(-n2c3c(c4c2CCCC4)CCCC3)c1F. The van der Waals surface area contributed by atoms with Crippen molar-refractivity contribution in [3.05, 3.63) is 137 Å². The molecule has 2 aromatic carbocycles. The van der Waals surface area contributed by atoms with Gasteiger partial charge in [0.15, 0.2) is 0 Å². The van der Waals surface area contributed by atoms with E-state index in [1.165, 1.54) is 34.4 Å². The summed E-state index contributed by atoms with van der Waals surface area (Å²) in [6.07, 6.45) is 28.3. The van der Waals surface area contributed by atoms with Gasteiger partial charge in [-0.25, -0.2) is 0 Å². The average molecular weight is 751 g/mol. The van der Waals surface area contributed by atoms with E-state index in [1.54, 1.807) is 12.1 Å². The summed E-state index contributed by atoms with van der Waals surface area (Å²) in [4.78, 5) is 0. The molecule has 4 aromatic rings. The normalized spacial score (nSPS) is 19.2. The molecule has 2 heterocycles. The van der Waals surface area contributed by atoms with Crippen LogP contribution in [0.5, 0.6) is 0 Å². The monoisotopic (exact) mass is 750 g/mol. The molecule has 0 N–H and O–H groups in total. The summed E-state index contributed by atoms with van der Waals surface area (Å²) < 4.78 is 76.4. The van der Waals surface area contributed by atoms with Gasteiger partial charge in [-0.15, -0.1) is 0 Å². The van der Waals surface area contributed by atoms with Gasteiger partial charge in [-0.3, -0.25) is 0 Å². The molecule has 0 aliphatic heterocycles. The van der Waals surface area contributed by atoms with Crippen LogP contribution in [-0.4, -0.2) is 9.13 Å². The van der Waals surface area contributed by atoms with Gasteiger partial charge in [0.2, 0.25) is 0 Å². The molecule has 0 spiro atoms. The molecule has 0 bridgehead atoms. The Kier molecular flexibility index (Phi) is 8.52. The van der Waals surface area contributed by atoms with Crippen LogP contribution in [0.1, 0.15) is 109 Å². The number of nitrogens with zero attached hydrogens (tertiary/aromatic N) is 2. The van der Waals surface area contributed by atoms with Crippen molar-refractivity contribution in [2.75, 3.05) is 0 Å². The molecule has 0 fully saturated rings. The van der Waals surface area contributed by atoms with Crippen molar-refractivity contribution in [2.45, 2.75) is 116 Å². The fourth-order valence-electron chi connectivity index (χ4n) is 11.3. The molecule has 0 atom stereocenters. The zero-order chi connectivity index (χ0) is 35.8. The molecular weight excluding hydrogens is 704 g/mol. The number of fused-ring (bicyclic) bond motifs is 6. The third-order valence-corrected chi connectivity index (χ3v) is 21.4. The molecule has 2 aromatic heterocycles. The molecule has 0 amide bonds. The van der Waals surface area contributed by atoms with E-state index in [-0.39, 0.29) is 7.74 Å². The molecule has 10 rings (SSSR count). The summed E-state index contributed by atoms with van der Waals surface area (Å²) in [7, 11) is 0. The van der Waals surface area contributed by atoms with Crippen molar-refractivity contribution >= 4 is 7.74 Å².